The number of rotatable bonds is 7. The standard InChI is InChI=1S/C25H23N3O4/c1-17(19-5-3-2-4-6-19)32-22-12-9-20(15-26-22)25(31)27-21-10-7-18(8-11-21)16-28-23(29)13-14-24(28)30/h2-12,15,17H,13-14,16H2,1H3,(H,27,31)/t17-/m0/s1. The van der Waals surface area contributed by atoms with Gasteiger partial charge in [0, 0.05) is 30.8 Å². The molecule has 1 aromatic heterocycles. The van der Waals surface area contributed by atoms with E-state index in [4.69, 9.17) is 4.74 Å². The molecule has 7 nitrogen and oxygen atoms in total. The highest BCUT2D eigenvalue weighted by Crippen LogP contribution is 2.21. The Morgan fingerprint density at radius 3 is 2.31 bits per heavy atom. The van der Waals surface area contributed by atoms with Crippen molar-refractivity contribution in [3.8, 4) is 5.88 Å². The summed E-state index contributed by atoms with van der Waals surface area (Å²) in [6.45, 7) is 2.19. The number of hydrogen-bond donors (Lipinski definition) is 1. The Bertz CT molecular complexity index is 1100. The number of benzene rings is 2. The fourth-order valence-electron chi connectivity index (χ4n) is 3.44. The molecule has 0 radical (unpaired) electrons. The van der Waals surface area contributed by atoms with Crippen molar-refractivity contribution in [3.63, 3.8) is 0 Å². The van der Waals surface area contributed by atoms with Gasteiger partial charge in [-0.1, -0.05) is 42.5 Å². The normalized spacial score (nSPS) is 14.3. The summed E-state index contributed by atoms with van der Waals surface area (Å²) in [5.74, 6) is -0.151. The maximum atomic E-state index is 12.5. The second-order valence-electron chi connectivity index (χ2n) is 7.58. The van der Waals surface area contributed by atoms with Crippen LogP contribution in [0.2, 0.25) is 0 Å². The Balaban J connectivity index is 1.33. The molecule has 1 atom stereocenters. The van der Waals surface area contributed by atoms with E-state index < -0.39 is 0 Å². The lowest BCUT2D eigenvalue weighted by Crippen LogP contribution is -2.28. The number of amides is 3. The number of likely N-dealkylation sites (tertiary alicyclic amines) is 1. The highest BCUT2D eigenvalue weighted by molar-refractivity contribution is 6.04. The zero-order valence-corrected chi connectivity index (χ0v) is 17.7. The van der Waals surface area contributed by atoms with Crippen LogP contribution in [0.15, 0.2) is 72.9 Å². The number of hydrogen-bond acceptors (Lipinski definition) is 5. The molecule has 3 amide bonds. The van der Waals surface area contributed by atoms with E-state index in [0.29, 0.717) is 17.1 Å². The van der Waals surface area contributed by atoms with Crippen molar-refractivity contribution in [1.29, 1.82) is 0 Å². The Hall–Kier alpha value is -4.00. The number of carbonyl (C=O) groups is 3. The van der Waals surface area contributed by atoms with Gasteiger partial charge in [-0.3, -0.25) is 19.3 Å². The Kier molecular flexibility index (Phi) is 6.26. The first-order chi connectivity index (χ1) is 15.5. The van der Waals surface area contributed by atoms with E-state index in [9.17, 15) is 14.4 Å². The molecule has 2 aromatic carbocycles. The van der Waals surface area contributed by atoms with Gasteiger partial charge in [-0.05, 0) is 36.2 Å². The van der Waals surface area contributed by atoms with Gasteiger partial charge in [-0.15, -0.1) is 0 Å². The van der Waals surface area contributed by atoms with E-state index >= 15 is 0 Å². The average Bonchev–Trinajstić information content (AvgIpc) is 3.13. The summed E-state index contributed by atoms with van der Waals surface area (Å²) in [6.07, 6.45) is 1.86. The van der Waals surface area contributed by atoms with E-state index in [1.165, 1.54) is 11.1 Å². The fraction of sp³-hybridized carbons (Fsp3) is 0.200. The molecule has 1 aliphatic rings. The molecule has 3 aromatic rings. The first-order valence-electron chi connectivity index (χ1n) is 10.4. The van der Waals surface area contributed by atoms with Crippen molar-refractivity contribution in [2.24, 2.45) is 0 Å². The Labute approximate surface area is 186 Å². The van der Waals surface area contributed by atoms with Crippen LogP contribution in [0, 0.1) is 0 Å². The zero-order chi connectivity index (χ0) is 22.5. The molecule has 7 heteroatoms. The first kappa shape index (κ1) is 21.2. The van der Waals surface area contributed by atoms with Crippen LogP contribution < -0.4 is 10.1 Å². The summed E-state index contributed by atoms with van der Waals surface area (Å²) in [5.41, 5.74) is 2.87. The van der Waals surface area contributed by atoms with E-state index in [2.05, 4.69) is 10.3 Å². The van der Waals surface area contributed by atoms with Gasteiger partial charge in [0.05, 0.1) is 12.1 Å². The van der Waals surface area contributed by atoms with Crippen molar-refractivity contribution in [2.75, 3.05) is 5.32 Å². The molecule has 4 rings (SSSR count). The van der Waals surface area contributed by atoms with Crippen molar-refractivity contribution < 1.29 is 19.1 Å². The predicted molar refractivity (Wildman–Crippen MR) is 119 cm³/mol. The monoisotopic (exact) mass is 429 g/mol. The minimum Gasteiger partial charge on any atom is -0.470 e. The summed E-state index contributed by atoms with van der Waals surface area (Å²) < 4.78 is 5.84. The Morgan fingerprint density at radius 2 is 1.69 bits per heavy atom. The smallest absolute Gasteiger partial charge is 0.257 e. The number of ether oxygens (including phenoxy) is 1. The van der Waals surface area contributed by atoms with E-state index in [-0.39, 0.29) is 43.2 Å². The topological polar surface area (TPSA) is 88.6 Å². The lowest BCUT2D eigenvalue weighted by atomic mass is 10.1. The molecule has 0 saturated carbocycles. The first-order valence-corrected chi connectivity index (χ1v) is 10.4. The molecule has 32 heavy (non-hydrogen) atoms. The second kappa shape index (κ2) is 9.43. The van der Waals surface area contributed by atoms with Gasteiger partial charge >= 0.3 is 0 Å². The third kappa shape index (κ3) is 5.00. The summed E-state index contributed by atoms with van der Waals surface area (Å²) in [6, 6.07) is 20.2. The third-order valence-electron chi connectivity index (χ3n) is 5.27. The highest BCUT2D eigenvalue weighted by Gasteiger charge is 2.28. The molecule has 0 aliphatic carbocycles. The van der Waals surface area contributed by atoms with Gasteiger partial charge in [0.15, 0.2) is 0 Å². The molecule has 162 valence electrons. The van der Waals surface area contributed by atoms with Gasteiger partial charge < -0.3 is 10.1 Å². The largest absolute Gasteiger partial charge is 0.470 e. The molecule has 2 heterocycles. The average molecular weight is 429 g/mol. The van der Waals surface area contributed by atoms with Crippen LogP contribution in [0.3, 0.4) is 0 Å². The number of imide groups is 1. The zero-order valence-electron chi connectivity index (χ0n) is 17.7. The molecule has 1 N–H and O–H groups in total. The Morgan fingerprint density at radius 1 is 1.00 bits per heavy atom. The second-order valence-corrected chi connectivity index (χ2v) is 7.58. The van der Waals surface area contributed by atoms with Gasteiger partial charge in [0.2, 0.25) is 17.7 Å². The molecule has 0 bridgehead atoms. The number of nitrogens with one attached hydrogen (secondary N) is 1. The van der Waals surface area contributed by atoms with E-state index in [1.807, 2.05) is 37.3 Å². The molecule has 1 saturated heterocycles. The minimum atomic E-state index is -0.294. The summed E-state index contributed by atoms with van der Waals surface area (Å²) in [4.78, 5) is 41.5. The van der Waals surface area contributed by atoms with Crippen molar-refractivity contribution >= 4 is 23.4 Å². The van der Waals surface area contributed by atoms with Gasteiger partial charge in [-0.25, -0.2) is 4.98 Å². The maximum absolute atomic E-state index is 12.5. The molecular weight excluding hydrogens is 406 g/mol. The van der Waals surface area contributed by atoms with Crippen molar-refractivity contribution in [2.45, 2.75) is 32.4 Å². The highest BCUT2D eigenvalue weighted by atomic mass is 16.5. The molecule has 0 spiro atoms. The number of nitrogens with zero attached hydrogens (tertiary/aromatic N) is 2. The lowest BCUT2D eigenvalue weighted by molar-refractivity contribution is -0.139. The molecule has 1 aliphatic heterocycles. The van der Waals surface area contributed by atoms with Crippen LogP contribution in [0.25, 0.3) is 0 Å². The van der Waals surface area contributed by atoms with E-state index in [0.717, 1.165) is 11.1 Å². The van der Waals surface area contributed by atoms with Crippen LogP contribution in [-0.2, 0) is 16.1 Å². The summed E-state index contributed by atoms with van der Waals surface area (Å²) in [7, 11) is 0. The predicted octanol–water partition coefficient (Wildman–Crippen LogP) is 4.12. The van der Waals surface area contributed by atoms with Gasteiger partial charge in [-0.2, -0.15) is 0 Å². The number of carbonyl (C=O) groups excluding carboxylic acids is 3. The quantitative estimate of drug-likeness (QED) is 0.571. The van der Waals surface area contributed by atoms with Crippen LogP contribution in [-0.4, -0.2) is 27.6 Å². The summed E-state index contributed by atoms with van der Waals surface area (Å²) in [5, 5.41) is 2.82. The lowest BCUT2D eigenvalue weighted by Gasteiger charge is -2.14. The van der Waals surface area contributed by atoms with Crippen LogP contribution in [0.1, 0.15) is 47.4 Å². The fourth-order valence-corrected chi connectivity index (χ4v) is 3.44. The van der Waals surface area contributed by atoms with Crippen LogP contribution in [0.5, 0.6) is 5.88 Å². The number of anilines is 1. The van der Waals surface area contributed by atoms with Gasteiger partial charge in [0.1, 0.15) is 6.10 Å². The van der Waals surface area contributed by atoms with Crippen molar-refractivity contribution in [1.82, 2.24) is 9.88 Å². The van der Waals surface area contributed by atoms with Crippen LogP contribution >= 0.6 is 0 Å². The molecule has 0 unspecified atom stereocenters. The van der Waals surface area contributed by atoms with Gasteiger partial charge in [0.25, 0.3) is 5.91 Å². The van der Waals surface area contributed by atoms with Crippen molar-refractivity contribution in [3.05, 3.63) is 89.6 Å². The van der Waals surface area contributed by atoms with Crippen LogP contribution in [0.4, 0.5) is 5.69 Å². The third-order valence-corrected chi connectivity index (χ3v) is 5.27. The molecule has 1 fully saturated rings. The SMILES string of the molecule is C[C@H](Oc1ccc(C(=O)Nc2ccc(CN3C(=O)CCC3=O)cc2)cn1)c1ccccc1. The molecular formula is C25H23N3O4. The number of pyridine rings is 1. The number of aromatic nitrogens is 1. The maximum Gasteiger partial charge on any atom is 0.257 e. The van der Waals surface area contributed by atoms with E-state index in [1.54, 1.807) is 36.4 Å². The minimum absolute atomic E-state index is 0.148. The summed E-state index contributed by atoms with van der Waals surface area (Å²) >= 11 is 0.